The van der Waals surface area contributed by atoms with Crippen molar-refractivity contribution >= 4 is 5.82 Å². The standard InChI is InChI=1S/C11H11N3O/c1-15-9-4-2-3-8(5-9)10-6-13-7-11(12)14-10/h2-7H,1H3,(H2,12,14). The summed E-state index contributed by atoms with van der Waals surface area (Å²) in [7, 11) is 1.63. The van der Waals surface area contributed by atoms with Crippen molar-refractivity contribution in [1.82, 2.24) is 9.97 Å². The largest absolute Gasteiger partial charge is 0.497 e. The average molecular weight is 201 g/mol. The van der Waals surface area contributed by atoms with E-state index in [4.69, 9.17) is 10.5 Å². The highest BCUT2D eigenvalue weighted by Crippen LogP contribution is 2.21. The molecule has 15 heavy (non-hydrogen) atoms. The Morgan fingerprint density at radius 3 is 2.87 bits per heavy atom. The molecule has 4 heteroatoms. The van der Waals surface area contributed by atoms with Crippen LogP contribution in [0.25, 0.3) is 11.3 Å². The quantitative estimate of drug-likeness (QED) is 0.803. The van der Waals surface area contributed by atoms with Gasteiger partial charge in [-0.3, -0.25) is 4.98 Å². The van der Waals surface area contributed by atoms with Crippen molar-refractivity contribution in [3.05, 3.63) is 36.7 Å². The first-order valence-electron chi connectivity index (χ1n) is 4.51. The Balaban J connectivity index is 2.44. The number of rotatable bonds is 2. The Morgan fingerprint density at radius 1 is 1.27 bits per heavy atom. The summed E-state index contributed by atoms with van der Waals surface area (Å²) in [4.78, 5) is 8.17. The number of anilines is 1. The predicted molar refractivity (Wildman–Crippen MR) is 58.4 cm³/mol. The van der Waals surface area contributed by atoms with Gasteiger partial charge in [0.1, 0.15) is 11.6 Å². The average Bonchev–Trinajstić information content (AvgIpc) is 2.29. The van der Waals surface area contributed by atoms with Gasteiger partial charge in [-0.25, -0.2) is 4.98 Å². The molecule has 4 nitrogen and oxygen atoms in total. The Labute approximate surface area is 87.7 Å². The zero-order valence-electron chi connectivity index (χ0n) is 8.34. The van der Waals surface area contributed by atoms with Crippen molar-refractivity contribution in [2.75, 3.05) is 12.8 Å². The first kappa shape index (κ1) is 9.45. The molecule has 1 aromatic heterocycles. The van der Waals surface area contributed by atoms with Crippen LogP contribution in [-0.4, -0.2) is 17.1 Å². The van der Waals surface area contributed by atoms with Gasteiger partial charge >= 0.3 is 0 Å². The third-order valence-corrected chi connectivity index (χ3v) is 2.02. The zero-order chi connectivity index (χ0) is 10.7. The summed E-state index contributed by atoms with van der Waals surface area (Å²) < 4.78 is 5.13. The van der Waals surface area contributed by atoms with Crippen molar-refractivity contribution < 1.29 is 4.74 Å². The van der Waals surface area contributed by atoms with Gasteiger partial charge in [-0.1, -0.05) is 12.1 Å². The highest BCUT2D eigenvalue weighted by Gasteiger charge is 2.01. The van der Waals surface area contributed by atoms with Gasteiger partial charge in [-0.15, -0.1) is 0 Å². The summed E-state index contributed by atoms with van der Waals surface area (Å²) in [6.45, 7) is 0. The first-order valence-corrected chi connectivity index (χ1v) is 4.51. The SMILES string of the molecule is COc1cccc(-c2cncc(N)n2)c1. The van der Waals surface area contributed by atoms with Gasteiger partial charge in [0, 0.05) is 5.56 Å². The van der Waals surface area contributed by atoms with Crippen LogP contribution < -0.4 is 10.5 Å². The number of aromatic nitrogens is 2. The van der Waals surface area contributed by atoms with Crippen LogP contribution in [0.4, 0.5) is 5.82 Å². The predicted octanol–water partition coefficient (Wildman–Crippen LogP) is 1.73. The number of hydrogen-bond donors (Lipinski definition) is 1. The lowest BCUT2D eigenvalue weighted by atomic mass is 10.1. The zero-order valence-corrected chi connectivity index (χ0v) is 8.34. The van der Waals surface area contributed by atoms with E-state index in [1.165, 1.54) is 6.20 Å². The van der Waals surface area contributed by atoms with E-state index in [-0.39, 0.29) is 0 Å². The number of ether oxygens (including phenoxy) is 1. The molecule has 0 spiro atoms. The second-order valence-electron chi connectivity index (χ2n) is 3.06. The number of nitrogen functional groups attached to an aromatic ring is 1. The van der Waals surface area contributed by atoms with Crippen LogP contribution in [0.5, 0.6) is 5.75 Å². The lowest BCUT2D eigenvalue weighted by molar-refractivity contribution is 0.415. The number of nitrogens with zero attached hydrogens (tertiary/aromatic N) is 2. The molecule has 0 saturated carbocycles. The van der Waals surface area contributed by atoms with Crippen LogP contribution in [0.1, 0.15) is 0 Å². The van der Waals surface area contributed by atoms with Crippen molar-refractivity contribution in [3.63, 3.8) is 0 Å². The lowest BCUT2D eigenvalue weighted by Gasteiger charge is -2.03. The molecule has 0 aliphatic rings. The minimum Gasteiger partial charge on any atom is -0.497 e. The number of methoxy groups -OCH3 is 1. The first-order chi connectivity index (χ1) is 7.29. The minimum atomic E-state index is 0.412. The molecule has 0 fully saturated rings. The van der Waals surface area contributed by atoms with Gasteiger partial charge in [0.25, 0.3) is 0 Å². The maximum absolute atomic E-state index is 5.56. The molecule has 1 heterocycles. The van der Waals surface area contributed by atoms with Gasteiger partial charge in [-0.05, 0) is 12.1 Å². The Morgan fingerprint density at radius 2 is 2.13 bits per heavy atom. The van der Waals surface area contributed by atoms with E-state index in [1.54, 1.807) is 13.3 Å². The van der Waals surface area contributed by atoms with E-state index in [1.807, 2.05) is 24.3 Å². The molecule has 0 radical (unpaired) electrons. The molecular formula is C11H11N3O. The third kappa shape index (κ3) is 2.04. The number of hydrogen-bond acceptors (Lipinski definition) is 4. The molecular weight excluding hydrogens is 190 g/mol. The van der Waals surface area contributed by atoms with Gasteiger partial charge in [0.05, 0.1) is 25.2 Å². The smallest absolute Gasteiger partial charge is 0.142 e. The van der Waals surface area contributed by atoms with E-state index >= 15 is 0 Å². The van der Waals surface area contributed by atoms with Crippen LogP contribution in [0, 0.1) is 0 Å². The topological polar surface area (TPSA) is 61.0 Å². The van der Waals surface area contributed by atoms with Gasteiger partial charge in [-0.2, -0.15) is 0 Å². The summed E-state index contributed by atoms with van der Waals surface area (Å²) in [5.74, 6) is 1.20. The Kier molecular flexibility index (Phi) is 2.49. The third-order valence-electron chi connectivity index (χ3n) is 2.02. The van der Waals surface area contributed by atoms with Crippen LogP contribution in [0.2, 0.25) is 0 Å². The van der Waals surface area contributed by atoms with Gasteiger partial charge in [0.15, 0.2) is 0 Å². The fourth-order valence-electron chi connectivity index (χ4n) is 1.30. The van der Waals surface area contributed by atoms with Crippen LogP contribution in [0.15, 0.2) is 36.7 Å². The summed E-state index contributed by atoms with van der Waals surface area (Å²) in [5, 5.41) is 0. The normalized spacial score (nSPS) is 9.93. The van der Waals surface area contributed by atoms with Crippen LogP contribution in [-0.2, 0) is 0 Å². The van der Waals surface area contributed by atoms with Crippen LogP contribution in [0.3, 0.4) is 0 Å². The van der Waals surface area contributed by atoms with Crippen molar-refractivity contribution in [2.24, 2.45) is 0 Å². The fourth-order valence-corrected chi connectivity index (χ4v) is 1.30. The Hall–Kier alpha value is -2.10. The van der Waals surface area contributed by atoms with Gasteiger partial charge < -0.3 is 10.5 Å². The van der Waals surface area contributed by atoms with E-state index in [9.17, 15) is 0 Å². The molecule has 76 valence electrons. The fraction of sp³-hybridized carbons (Fsp3) is 0.0909. The van der Waals surface area contributed by atoms with E-state index < -0.39 is 0 Å². The molecule has 0 unspecified atom stereocenters. The molecule has 0 amide bonds. The minimum absolute atomic E-state index is 0.412. The molecule has 0 atom stereocenters. The Bertz CT molecular complexity index is 471. The molecule has 1 aromatic carbocycles. The number of nitrogens with two attached hydrogens (primary N) is 1. The van der Waals surface area contributed by atoms with Gasteiger partial charge in [0.2, 0.25) is 0 Å². The number of benzene rings is 1. The molecule has 0 saturated heterocycles. The van der Waals surface area contributed by atoms with E-state index in [0.29, 0.717) is 5.82 Å². The summed E-state index contributed by atoms with van der Waals surface area (Å²) in [6.07, 6.45) is 3.19. The monoisotopic (exact) mass is 201 g/mol. The van der Waals surface area contributed by atoms with Crippen molar-refractivity contribution in [3.8, 4) is 17.0 Å². The molecule has 2 aromatic rings. The highest BCUT2D eigenvalue weighted by molar-refractivity contribution is 5.61. The second kappa shape index (κ2) is 3.96. The summed E-state index contributed by atoms with van der Waals surface area (Å²) in [6, 6.07) is 7.61. The molecule has 0 aliphatic heterocycles. The highest BCUT2D eigenvalue weighted by atomic mass is 16.5. The molecule has 2 rings (SSSR count). The van der Waals surface area contributed by atoms with Crippen LogP contribution >= 0.6 is 0 Å². The molecule has 0 bridgehead atoms. The summed E-state index contributed by atoms with van der Waals surface area (Å²) in [5.41, 5.74) is 7.25. The summed E-state index contributed by atoms with van der Waals surface area (Å²) >= 11 is 0. The maximum atomic E-state index is 5.56. The van der Waals surface area contributed by atoms with E-state index in [0.717, 1.165) is 17.0 Å². The second-order valence-corrected chi connectivity index (χ2v) is 3.06. The lowest BCUT2D eigenvalue weighted by Crippen LogP contribution is -1.93. The molecule has 0 aliphatic carbocycles. The van der Waals surface area contributed by atoms with E-state index in [2.05, 4.69) is 9.97 Å². The van der Waals surface area contributed by atoms with Crippen molar-refractivity contribution in [1.29, 1.82) is 0 Å². The molecule has 2 N–H and O–H groups in total. The van der Waals surface area contributed by atoms with Crippen molar-refractivity contribution in [2.45, 2.75) is 0 Å². The maximum Gasteiger partial charge on any atom is 0.142 e.